The van der Waals surface area contributed by atoms with Gasteiger partial charge in [0.25, 0.3) is 0 Å². The van der Waals surface area contributed by atoms with Gasteiger partial charge in [-0.3, -0.25) is 9.88 Å². The van der Waals surface area contributed by atoms with Gasteiger partial charge in [0.15, 0.2) is 11.5 Å². The van der Waals surface area contributed by atoms with E-state index in [2.05, 4.69) is 22.9 Å². The van der Waals surface area contributed by atoms with Crippen LogP contribution in [0.4, 0.5) is 0 Å². The number of rotatable bonds is 4. The summed E-state index contributed by atoms with van der Waals surface area (Å²) >= 11 is 0. The van der Waals surface area contributed by atoms with Crippen molar-refractivity contribution < 1.29 is 14.2 Å². The molecule has 0 aromatic carbocycles. The lowest BCUT2D eigenvalue weighted by Gasteiger charge is -2.42. The van der Waals surface area contributed by atoms with Gasteiger partial charge in [0.05, 0.1) is 26.4 Å². The Hall–Kier alpha value is -1.59. The minimum absolute atomic E-state index is 0.0370. The Kier molecular flexibility index (Phi) is 4.87. The summed E-state index contributed by atoms with van der Waals surface area (Å²) in [6.45, 7) is 5.85. The third-order valence-corrected chi connectivity index (χ3v) is 4.84. The second-order valence-corrected chi connectivity index (χ2v) is 6.42. The van der Waals surface area contributed by atoms with Crippen LogP contribution in [0.25, 0.3) is 0 Å². The van der Waals surface area contributed by atoms with Crippen LogP contribution in [0.3, 0.4) is 0 Å². The second kappa shape index (κ2) is 6.89. The molecule has 1 fully saturated rings. The van der Waals surface area contributed by atoms with Gasteiger partial charge in [0, 0.05) is 31.9 Å². The summed E-state index contributed by atoms with van der Waals surface area (Å²) in [5.41, 5.74) is 2.35. The fourth-order valence-corrected chi connectivity index (χ4v) is 3.53. The van der Waals surface area contributed by atoms with Crippen LogP contribution < -0.4 is 9.47 Å². The van der Waals surface area contributed by atoms with Crippen LogP contribution in [-0.2, 0) is 11.3 Å². The topological polar surface area (TPSA) is 43.8 Å². The quantitative estimate of drug-likeness (QED) is 0.799. The summed E-state index contributed by atoms with van der Waals surface area (Å²) in [7, 11) is 3.32. The molecule has 0 N–H and O–H groups in total. The first kappa shape index (κ1) is 16.3. The Balaban J connectivity index is 1.66. The fraction of sp³-hybridized carbons (Fsp3) is 0.611. The number of nitrogens with zero attached hydrogens (tertiary/aromatic N) is 2. The van der Waals surface area contributed by atoms with E-state index in [0.717, 1.165) is 62.7 Å². The Morgan fingerprint density at radius 2 is 2.04 bits per heavy atom. The Bertz CT molecular complexity index is 578. The smallest absolute Gasteiger partial charge is 0.183 e. The van der Waals surface area contributed by atoms with Crippen molar-refractivity contribution in [3.63, 3.8) is 0 Å². The average molecular weight is 318 g/mol. The molecule has 0 unspecified atom stereocenters. The molecule has 2 aliphatic heterocycles. The zero-order valence-electron chi connectivity index (χ0n) is 14.3. The molecule has 0 radical (unpaired) electrons. The molecule has 126 valence electrons. The molecular weight excluding hydrogens is 292 g/mol. The lowest BCUT2D eigenvalue weighted by atomic mass is 9.87. The van der Waals surface area contributed by atoms with Crippen LogP contribution in [0.1, 0.15) is 31.9 Å². The number of hydrogen-bond donors (Lipinski definition) is 0. The van der Waals surface area contributed by atoms with E-state index in [4.69, 9.17) is 14.2 Å². The van der Waals surface area contributed by atoms with E-state index >= 15 is 0 Å². The summed E-state index contributed by atoms with van der Waals surface area (Å²) in [6, 6.07) is 1.83. The molecule has 0 amide bonds. The van der Waals surface area contributed by atoms with Gasteiger partial charge in [-0.1, -0.05) is 11.6 Å². The molecule has 1 saturated heterocycles. The third kappa shape index (κ3) is 3.51. The van der Waals surface area contributed by atoms with Crippen molar-refractivity contribution in [2.45, 2.75) is 38.3 Å². The van der Waals surface area contributed by atoms with Crippen LogP contribution in [0.15, 0.2) is 23.9 Å². The molecule has 0 atom stereocenters. The number of likely N-dealkylation sites (tertiary alicyclic amines) is 1. The normalized spacial score (nSPS) is 21.1. The van der Waals surface area contributed by atoms with Crippen molar-refractivity contribution in [2.75, 3.05) is 33.9 Å². The van der Waals surface area contributed by atoms with E-state index < -0.39 is 0 Å². The molecule has 0 aliphatic carbocycles. The minimum atomic E-state index is -0.0370. The van der Waals surface area contributed by atoms with Gasteiger partial charge in [-0.15, -0.1) is 0 Å². The number of pyridine rings is 1. The summed E-state index contributed by atoms with van der Waals surface area (Å²) in [5.74, 6) is 1.47. The molecule has 3 rings (SSSR count). The summed E-state index contributed by atoms with van der Waals surface area (Å²) in [5, 5.41) is 0. The number of ether oxygens (including phenoxy) is 3. The van der Waals surface area contributed by atoms with Crippen LogP contribution >= 0.6 is 0 Å². The highest BCUT2D eigenvalue weighted by Gasteiger charge is 2.35. The maximum absolute atomic E-state index is 6.09. The van der Waals surface area contributed by atoms with Crippen molar-refractivity contribution in [3.05, 3.63) is 29.6 Å². The lowest BCUT2D eigenvalue weighted by Crippen LogP contribution is -2.46. The van der Waals surface area contributed by atoms with Crippen LogP contribution in [0.2, 0.25) is 0 Å². The molecule has 0 bridgehead atoms. The number of aromatic nitrogens is 1. The first-order valence-corrected chi connectivity index (χ1v) is 8.26. The van der Waals surface area contributed by atoms with E-state index in [9.17, 15) is 0 Å². The average Bonchev–Trinajstić information content (AvgIpc) is 2.57. The first-order chi connectivity index (χ1) is 11.2. The predicted octanol–water partition coefficient (Wildman–Crippen LogP) is 2.80. The Labute approximate surface area is 138 Å². The molecule has 23 heavy (non-hydrogen) atoms. The van der Waals surface area contributed by atoms with Crippen LogP contribution in [0, 0.1) is 0 Å². The number of methoxy groups -OCH3 is 2. The van der Waals surface area contributed by atoms with E-state index in [1.165, 1.54) is 5.57 Å². The molecule has 1 spiro atoms. The fourth-order valence-electron chi connectivity index (χ4n) is 3.53. The van der Waals surface area contributed by atoms with Gasteiger partial charge in [-0.25, -0.2) is 0 Å². The maximum atomic E-state index is 6.09. The van der Waals surface area contributed by atoms with Crippen molar-refractivity contribution in [1.29, 1.82) is 0 Å². The van der Waals surface area contributed by atoms with Crippen LogP contribution in [-0.4, -0.2) is 49.4 Å². The summed E-state index contributed by atoms with van der Waals surface area (Å²) < 4.78 is 16.9. The van der Waals surface area contributed by atoms with Crippen molar-refractivity contribution in [1.82, 2.24) is 9.88 Å². The summed E-state index contributed by atoms with van der Waals surface area (Å²) in [6.07, 6.45) is 7.26. The van der Waals surface area contributed by atoms with Gasteiger partial charge in [-0.2, -0.15) is 0 Å². The monoisotopic (exact) mass is 318 g/mol. The zero-order chi connectivity index (χ0) is 16.3. The first-order valence-electron chi connectivity index (χ1n) is 8.26. The molecule has 5 nitrogen and oxygen atoms in total. The lowest BCUT2D eigenvalue weighted by molar-refractivity contribution is -0.0579. The molecule has 1 aromatic heterocycles. The molecular formula is C18H26N2O3. The zero-order valence-corrected chi connectivity index (χ0v) is 14.3. The SMILES string of the molecule is COc1ccnc(CN2CCC3(C=C(C)CCO3)CC2)c1OC. The Morgan fingerprint density at radius 3 is 2.70 bits per heavy atom. The molecule has 1 aromatic rings. The summed E-state index contributed by atoms with van der Waals surface area (Å²) in [4.78, 5) is 6.89. The standard InChI is InChI=1S/C18H26N2O3/c1-14-5-11-23-18(12-14)6-9-20(10-7-18)13-15-17(22-3)16(21-2)4-8-19-15/h4,8,12H,5-7,9-11,13H2,1-3H3. The van der Waals surface area contributed by atoms with E-state index in [-0.39, 0.29) is 5.60 Å². The highest BCUT2D eigenvalue weighted by Crippen LogP contribution is 2.35. The number of hydrogen-bond acceptors (Lipinski definition) is 5. The number of piperidine rings is 1. The Morgan fingerprint density at radius 1 is 1.26 bits per heavy atom. The largest absolute Gasteiger partial charge is 0.493 e. The predicted molar refractivity (Wildman–Crippen MR) is 88.9 cm³/mol. The van der Waals surface area contributed by atoms with E-state index in [1.807, 2.05) is 6.07 Å². The molecule has 2 aliphatic rings. The van der Waals surface area contributed by atoms with E-state index in [1.54, 1.807) is 20.4 Å². The maximum Gasteiger partial charge on any atom is 0.183 e. The van der Waals surface area contributed by atoms with Gasteiger partial charge >= 0.3 is 0 Å². The minimum Gasteiger partial charge on any atom is -0.493 e. The molecule has 5 heteroatoms. The van der Waals surface area contributed by atoms with Crippen molar-refractivity contribution in [3.8, 4) is 11.5 Å². The van der Waals surface area contributed by atoms with Crippen molar-refractivity contribution >= 4 is 0 Å². The highest BCUT2D eigenvalue weighted by atomic mass is 16.5. The van der Waals surface area contributed by atoms with Crippen LogP contribution in [0.5, 0.6) is 11.5 Å². The van der Waals surface area contributed by atoms with Gasteiger partial charge in [-0.05, 0) is 26.2 Å². The second-order valence-electron chi connectivity index (χ2n) is 6.42. The van der Waals surface area contributed by atoms with Crippen molar-refractivity contribution in [2.24, 2.45) is 0 Å². The molecule has 3 heterocycles. The van der Waals surface area contributed by atoms with Gasteiger partial charge in [0.2, 0.25) is 0 Å². The highest BCUT2D eigenvalue weighted by molar-refractivity contribution is 5.42. The van der Waals surface area contributed by atoms with E-state index in [0.29, 0.717) is 0 Å². The molecule has 0 saturated carbocycles. The van der Waals surface area contributed by atoms with Gasteiger partial charge < -0.3 is 14.2 Å². The third-order valence-electron chi connectivity index (χ3n) is 4.84. The van der Waals surface area contributed by atoms with Gasteiger partial charge in [0.1, 0.15) is 5.69 Å².